The topological polar surface area (TPSA) is 59.3 Å². The van der Waals surface area contributed by atoms with Crippen LogP contribution < -0.4 is 4.74 Å². The van der Waals surface area contributed by atoms with Crippen LogP contribution in [-0.4, -0.2) is 19.7 Å². The molecule has 1 rings (SSSR count). The van der Waals surface area contributed by atoms with Crippen molar-refractivity contribution in [3.05, 3.63) is 35.4 Å². The van der Waals surface area contributed by atoms with Gasteiger partial charge in [0.25, 0.3) is 0 Å². The van der Waals surface area contributed by atoms with Crippen LogP contribution in [0.25, 0.3) is 6.08 Å². The number of carbonyl (C=O) groups is 1. The number of carbonyl (C=O) groups excluding carboxylic acids is 1. The van der Waals surface area contributed by atoms with Crippen LogP contribution in [0.15, 0.2) is 29.8 Å². The van der Waals surface area contributed by atoms with Gasteiger partial charge in [-0.1, -0.05) is 25.5 Å². The molecule has 0 saturated carbocycles. The molecule has 0 aliphatic carbocycles. The van der Waals surface area contributed by atoms with Gasteiger partial charge < -0.3 is 9.47 Å². The molecule has 0 unspecified atom stereocenters. The summed E-state index contributed by atoms with van der Waals surface area (Å²) in [4.78, 5) is 11.3. The Hall–Kier alpha value is -2.28. The van der Waals surface area contributed by atoms with Gasteiger partial charge in [-0.25, -0.2) is 4.79 Å². The van der Waals surface area contributed by atoms with Gasteiger partial charge in [-0.15, -0.1) is 0 Å². The number of rotatable bonds is 6. The molecule has 0 saturated heterocycles. The predicted octanol–water partition coefficient (Wildman–Crippen LogP) is 2.95. The van der Waals surface area contributed by atoms with Crippen LogP contribution in [0.5, 0.6) is 5.75 Å². The minimum Gasteiger partial charge on any atom is -0.494 e. The van der Waals surface area contributed by atoms with Gasteiger partial charge in [0.05, 0.1) is 13.7 Å². The van der Waals surface area contributed by atoms with Crippen molar-refractivity contribution in [2.45, 2.75) is 19.8 Å². The summed E-state index contributed by atoms with van der Waals surface area (Å²) >= 11 is 0. The summed E-state index contributed by atoms with van der Waals surface area (Å²) in [6.45, 7) is 2.75. The van der Waals surface area contributed by atoms with Crippen molar-refractivity contribution < 1.29 is 14.3 Å². The Morgan fingerprint density at radius 1 is 1.47 bits per heavy atom. The maximum absolute atomic E-state index is 11.3. The van der Waals surface area contributed by atoms with E-state index in [-0.39, 0.29) is 5.57 Å². The lowest BCUT2D eigenvalue weighted by molar-refractivity contribution is -0.135. The van der Waals surface area contributed by atoms with Crippen molar-refractivity contribution >= 4 is 12.0 Å². The van der Waals surface area contributed by atoms with Gasteiger partial charge >= 0.3 is 5.97 Å². The lowest BCUT2D eigenvalue weighted by Crippen LogP contribution is -2.02. The molecule has 0 spiro atoms. The van der Waals surface area contributed by atoms with E-state index in [2.05, 4.69) is 11.7 Å². The first kappa shape index (κ1) is 14.8. The number of esters is 1. The number of nitrogens with zero attached hydrogens (tertiary/aromatic N) is 1. The van der Waals surface area contributed by atoms with Gasteiger partial charge in [-0.3, -0.25) is 0 Å². The summed E-state index contributed by atoms with van der Waals surface area (Å²) in [5.41, 5.74) is 0.698. The Morgan fingerprint density at radius 3 is 2.89 bits per heavy atom. The van der Waals surface area contributed by atoms with E-state index >= 15 is 0 Å². The van der Waals surface area contributed by atoms with Crippen LogP contribution in [0.2, 0.25) is 0 Å². The molecule has 0 bridgehead atoms. The Bertz CT molecular complexity index is 500. The van der Waals surface area contributed by atoms with Crippen molar-refractivity contribution in [1.29, 1.82) is 5.26 Å². The first-order chi connectivity index (χ1) is 9.21. The standard InChI is InChI=1S/C15H17NO3/c1-3-4-8-19-14-7-5-6-12(10-14)9-13(11-16)15(17)18-2/h5-7,9-10H,3-4,8H2,1-2H3. The highest BCUT2D eigenvalue weighted by molar-refractivity contribution is 5.97. The van der Waals surface area contributed by atoms with E-state index in [1.165, 1.54) is 13.2 Å². The summed E-state index contributed by atoms with van der Waals surface area (Å²) in [6, 6.07) is 9.07. The number of ether oxygens (including phenoxy) is 2. The van der Waals surface area contributed by atoms with Crippen molar-refractivity contribution in [2.75, 3.05) is 13.7 Å². The first-order valence-electron chi connectivity index (χ1n) is 6.14. The maximum atomic E-state index is 11.3. The number of nitriles is 1. The molecular weight excluding hydrogens is 242 g/mol. The van der Waals surface area contributed by atoms with E-state index in [0.29, 0.717) is 6.61 Å². The molecular formula is C15H17NO3. The fourth-order valence-corrected chi connectivity index (χ4v) is 1.44. The lowest BCUT2D eigenvalue weighted by atomic mass is 10.1. The molecule has 0 heterocycles. The van der Waals surface area contributed by atoms with E-state index in [9.17, 15) is 4.79 Å². The highest BCUT2D eigenvalue weighted by Crippen LogP contribution is 2.16. The number of benzene rings is 1. The van der Waals surface area contributed by atoms with Gasteiger partial charge in [-0.05, 0) is 30.2 Å². The molecule has 1 aromatic rings. The predicted molar refractivity (Wildman–Crippen MR) is 72.5 cm³/mol. The molecule has 0 aromatic heterocycles. The summed E-state index contributed by atoms with van der Waals surface area (Å²) in [5, 5.41) is 8.88. The molecule has 4 nitrogen and oxygen atoms in total. The van der Waals surface area contributed by atoms with Gasteiger partial charge in [0.2, 0.25) is 0 Å². The van der Waals surface area contributed by atoms with E-state index in [0.717, 1.165) is 24.2 Å². The second-order valence-corrected chi connectivity index (χ2v) is 3.94. The summed E-state index contributed by atoms with van der Waals surface area (Å²) in [6.07, 6.45) is 3.55. The van der Waals surface area contributed by atoms with Crippen molar-refractivity contribution in [3.63, 3.8) is 0 Å². The monoisotopic (exact) mass is 259 g/mol. The van der Waals surface area contributed by atoms with Crippen LogP contribution in [-0.2, 0) is 9.53 Å². The van der Waals surface area contributed by atoms with E-state index in [1.807, 2.05) is 18.2 Å². The fourth-order valence-electron chi connectivity index (χ4n) is 1.44. The average molecular weight is 259 g/mol. The highest BCUT2D eigenvalue weighted by atomic mass is 16.5. The van der Waals surface area contributed by atoms with E-state index in [1.54, 1.807) is 12.1 Å². The molecule has 1 aromatic carbocycles. The minimum absolute atomic E-state index is 0.0341. The largest absolute Gasteiger partial charge is 0.494 e. The molecule has 0 atom stereocenters. The first-order valence-corrected chi connectivity index (χ1v) is 6.14. The molecule has 4 heteroatoms. The summed E-state index contributed by atoms with van der Waals surface area (Å²) in [7, 11) is 1.25. The van der Waals surface area contributed by atoms with Gasteiger partial charge in [0, 0.05) is 0 Å². The molecule has 0 aliphatic heterocycles. The van der Waals surface area contributed by atoms with Crippen molar-refractivity contribution in [2.24, 2.45) is 0 Å². The third kappa shape index (κ3) is 4.84. The van der Waals surface area contributed by atoms with Crippen molar-refractivity contribution in [3.8, 4) is 11.8 Å². The zero-order valence-electron chi connectivity index (χ0n) is 11.2. The Morgan fingerprint density at radius 2 is 2.26 bits per heavy atom. The molecule has 19 heavy (non-hydrogen) atoms. The van der Waals surface area contributed by atoms with Crippen LogP contribution in [0.3, 0.4) is 0 Å². The average Bonchev–Trinajstić information content (AvgIpc) is 2.44. The zero-order chi connectivity index (χ0) is 14.1. The van der Waals surface area contributed by atoms with Crippen LogP contribution in [0.1, 0.15) is 25.3 Å². The van der Waals surface area contributed by atoms with Gasteiger partial charge in [0.1, 0.15) is 17.4 Å². The molecule has 0 radical (unpaired) electrons. The molecule has 0 amide bonds. The minimum atomic E-state index is -0.639. The molecule has 0 N–H and O–H groups in total. The zero-order valence-corrected chi connectivity index (χ0v) is 11.2. The quantitative estimate of drug-likeness (QED) is 0.341. The van der Waals surface area contributed by atoms with Crippen molar-refractivity contribution in [1.82, 2.24) is 0 Å². The molecule has 0 fully saturated rings. The summed E-state index contributed by atoms with van der Waals surface area (Å²) < 4.78 is 10.1. The van der Waals surface area contributed by atoms with Crippen LogP contribution >= 0.6 is 0 Å². The fraction of sp³-hybridized carbons (Fsp3) is 0.333. The third-order valence-corrected chi connectivity index (χ3v) is 2.46. The van der Waals surface area contributed by atoms with E-state index in [4.69, 9.17) is 10.00 Å². The number of unbranched alkanes of at least 4 members (excludes halogenated alkanes) is 1. The van der Waals surface area contributed by atoms with Crippen LogP contribution in [0.4, 0.5) is 0 Å². The molecule has 0 aliphatic rings. The third-order valence-electron chi connectivity index (χ3n) is 2.46. The maximum Gasteiger partial charge on any atom is 0.348 e. The number of hydrogen-bond donors (Lipinski definition) is 0. The Balaban J connectivity index is 2.84. The Labute approximate surface area is 113 Å². The smallest absolute Gasteiger partial charge is 0.348 e. The Kier molecular flexibility index (Phi) is 6.17. The van der Waals surface area contributed by atoms with Gasteiger partial charge in [-0.2, -0.15) is 5.26 Å². The number of methoxy groups -OCH3 is 1. The second-order valence-electron chi connectivity index (χ2n) is 3.94. The second kappa shape index (κ2) is 7.93. The lowest BCUT2D eigenvalue weighted by Gasteiger charge is -2.05. The normalized spacial score (nSPS) is 10.7. The highest BCUT2D eigenvalue weighted by Gasteiger charge is 2.08. The molecule has 100 valence electrons. The van der Waals surface area contributed by atoms with E-state index < -0.39 is 5.97 Å². The SMILES string of the molecule is CCCCOc1cccc(C=C(C#N)C(=O)OC)c1. The number of hydrogen-bond acceptors (Lipinski definition) is 4. The van der Waals surface area contributed by atoms with Crippen LogP contribution in [0, 0.1) is 11.3 Å². The summed E-state index contributed by atoms with van der Waals surface area (Å²) in [5.74, 6) is 0.0872. The van der Waals surface area contributed by atoms with Gasteiger partial charge in [0.15, 0.2) is 0 Å².